The van der Waals surface area contributed by atoms with E-state index < -0.39 is 12.1 Å². The fraction of sp³-hybridized carbons (Fsp3) is 0.600. The predicted molar refractivity (Wildman–Crippen MR) is 81.3 cm³/mol. The summed E-state index contributed by atoms with van der Waals surface area (Å²) in [5, 5.41) is 2.91. The lowest BCUT2D eigenvalue weighted by molar-refractivity contribution is -0.153. The molecule has 1 aromatic rings. The minimum absolute atomic E-state index is 0.00887. The summed E-state index contributed by atoms with van der Waals surface area (Å²) in [6, 6.07) is 1.92. The highest BCUT2D eigenvalue weighted by Crippen LogP contribution is 2.17. The van der Waals surface area contributed by atoms with Gasteiger partial charge in [-0.15, -0.1) is 0 Å². The number of ether oxygens (including phenoxy) is 1. The van der Waals surface area contributed by atoms with Crippen molar-refractivity contribution in [2.24, 2.45) is 0 Å². The lowest BCUT2D eigenvalue weighted by atomic mass is 10.2. The number of amides is 1. The minimum atomic E-state index is -0.793. The van der Waals surface area contributed by atoms with Gasteiger partial charge in [0.1, 0.15) is 6.54 Å². The Morgan fingerprint density at radius 3 is 2.64 bits per heavy atom. The van der Waals surface area contributed by atoms with Crippen molar-refractivity contribution in [3.63, 3.8) is 0 Å². The van der Waals surface area contributed by atoms with Crippen LogP contribution < -0.4 is 10.2 Å². The molecule has 1 heterocycles. The minimum Gasteiger partial charge on any atom is -0.451 e. The first-order chi connectivity index (χ1) is 10.6. The van der Waals surface area contributed by atoms with E-state index in [0.29, 0.717) is 5.95 Å². The van der Waals surface area contributed by atoms with E-state index >= 15 is 0 Å². The van der Waals surface area contributed by atoms with Crippen molar-refractivity contribution in [1.82, 2.24) is 15.3 Å². The first-order valence-electron chi connectivity index (χ1n) is 7.54. The highest BCUT2D eigenvalue weighted by atomic mass is 16.5. The number of carbonyl (C=O) groups is 2. The van der Waals surface area contributed by atoms with E-state index in [4.69, 9.17) is 4.74 Å². The normalized spacial score (nSPS) is 16.1. The second-order valence-corrected chi connectivity index (χ2v) is 5.53. The first kappa shape index (κ1) is 16.2. The van der Waals surface area contributed by atoms with Gasteiger partial charge in [-0.05, 0) is 25.8 Å². The smallest absolute Gasteiger partial charge is 0.326 e. The van der Waals surface area contributed by atoms with Crippen molar-refractivity contribution in [2.45, 2.75) is 44.8 Å². The number of nitrogens with zero attached hydrogens (tertiary/aromatic N) is 3. The first-order valence-corrected chi connectivity index (χ1v) is 7.54. The van der Waals surface area contributed by atoms with Gasteiger partial charge < -0.3 is 15.0 Å². The molecule has 1 N–H and O–H groups in total. The molecule has 1 atom stereocenters. The number of hydrogen-bond acceptors (Lipinski definition) is 6. The number of anilines is 1. The summed E-state index contributed by atoms with van der Waals surface area (Å²) in [5.74, 6) is -0.287. The molecule has 0 radical (unpaired) electrons. The Hall–Kier alpha value is -2.18. The molecule has 1 amide bonds. The molecule has 1 aliphatic carbocycles. The average molecular weight is 306 g/mol. The third kappa shape index (κ3) is 4.68. The van der Waals surface area contributed by atoms with Gasteiger partial charge in [-0.3, -0.25) is 9.59 Å². The number of esters is 1. The third-order valence-corrected chi connectivity index (χ3v) is 3.64. The van der Waals surface area contributed by atoms with Gasteiger partial charge in [0, 0.05) is 25.5 Å². The summed E-state index contributed by atoms with van der Waals surface area (Å²) in [5.41, 5.74) is 0. The van der Waals surface area contributed by atoms with Crippen LogP contribution in [0.5, 0.6) is 0 Å². The van der Waals surface area contributed by atoms with E-state index in [1.165, 1.54) is 0 Å². The SMILES string of the molecule is CC(OC(=O)CN(C)c1ncccn1)C(=O)NC1CCCC1. The zero-order chi connectivity index (χ0) is 15.9. The summed E-state index contributed by atoms with van der Waals surface area (Å²) in [6.07, 6.45) is 6.69. The van der Waals surface area contributed by atoms with E-state index in [0.717, 1.165) is 25.7 Å². The molecular formula is C15H22N4O3. The molecule has 7 heteroatoms. The Bertz CT molecular complexity index is 503. The standard InChI is InChI=1S/C15H22N4O3/c1-11(14(21)18-12-6-3-4-7-12)22-13(20)10-19(2)15-16-8-5-9-17-15/h5,8-9,11-12H,3-4,6-7,10H2,1-2H3,(H,18,21). The maximum atomic E-state index is 12.0. The van der Waals surface area contributed by atoms with Crippen molar-refractivity contribution >= 4 is 17.8 Å². The Kier molecular flexibility index (Phi) is 5.68. The fourth-order valence-corrected chi connectivity index (χ4v) is 2.43. The van der Waals surface area contributed by atoms with Crippen molar-refractivity contribution in [3.8, 4) is 0 Å². The summed E-state index contributed by atoms with van der Waals surface area (Å²) < 4.78 is 5.17. The number of carbonyl (C=O) groups excluding carboxylic acids is 2. The lowest BCUT2D eigenvalue weighted by Gasteiger charge is -2.19. The number of rotatable bonds is 6. The number of nitrogens with one attached hydrogen (secondary N) is 1. The molecule has 1 saturated carbocycles. The molecule has 1 aromatic heterocycles. The summed E-state index contributed by atoms with van der Waals surface area (Å²) in [7, 11) is 1.69. The van der Waals surface area contributed by atoms with Crippen LogP contribution in [0.4, 0.5) is 5.95 Å². The highest BCUT2D eigenvalue weighted by Gasteiger charge is 2.23. The molecule has 7 nitrogen and oxygen atoms in total. The van der Waals surface area contributed by atoms with Crippen molar-refractivity contribution < 1.29 is 14.3 Å². The summed E-state index contributed by atoms with van der Waals surface area (Å²) >= 11 is 0. The molecular weight excluding hydrogens is 284 g/mol. The van der Waals surface area contributed by atoms with E-state index in [1.807, 2.05) is 0 Å². The largest absolute Gasteiger partial charge is 0.451 e. The summed E-state index contributed by atoms with van der Waals surface area (Å²) in [6.45, 7) is 1.58. The molecule has 0 aliphatic heterocycles. The lowest BCUT2D eigenvalue weighted by Crippen LogP contribution is -2.42. The van der Waals surface area contributed by atoms with Crippen LogP contribution in [0.1, 0.15) is 32.6 Å². The van der Waals surface area contributed by atoms with Crippen LogP contribution in [0.3, 0.4) is 0 Å². The van der Waals surface area contributed by atoms with Crippen molar-refractivity contribution in [3.05, 3.63) is 18.5 Å². The second-order valence-electron chi connectivity index (χ2n) is 5.53. The monoisotopic (exact) mass is 306 g/mol. The van der Waals surface area contributed by atoms with Crippen LogP contribution >= 0.6 is 0 Å². The van der Waals surface area contributed by atoms with Gasteiger partial charge in [-0.1, -0.05) is 12.8 Å². The van der Waals surface area contributed by atoms with Gasteiger partial charge in [0.25, 0.3) is 5.91 Å². The van der Waals surface area contributed by atoms with E-state index in [9.17, 15) is 9.59 Å². The topological polar surface area (TPSA) is 84.4 Å². The molecule has 0 bridgehead atoms. The van der Waals surface area contributed by atoms with Gasteiger partial charge in [-0.2, -0.15) is 0 Å². The van der Waals surface area contributed by atoms with Gasteiger partial charge in [-0.25, -0.2) is 9.97 Å². The molecule has 1 aliphatic rings. The second kappa shape index (κ2) is 7.72. The number of hydrogen-bond donors (Lipinski definition) is 1. The van der Waals surface area contributed by atoms with Gasteiger partial charge >= 0.3 is 5.97 Å². The van der Waals surface area contributed by atoms with Crippen LogP contribution in [0.15, 0.2) is 18.5 Å². The van der Waals surface area contributed by atoms with Crippen molar-refractivity contribution in [1.29, 1.82) is 0 Å². The van der Waals surface area contributed by atoms with E-state index in [2.05, 4.69) is 15.3 Å². The van der Waals surface area contributed by atoms with Crippen LogP contribution in [0.2, 0.25) is 0 Å². The Morgan fingerprint density at radius 2 is 2.00 bits per heavy atom. The van der Waals surface area contributed by atoms with Crippen LogP contribution in [-0.2, 0) is 14.3 Å². The van der Waals surface area contributed by atoms with E-state index in [1.54, 1.807) is 37.3 Å². The van der Waals surface area contributed by atoms with Crippen molar-refractivity contribution in [2.75, 3.05) is 18.5 Å². The average Bonchev–Trinajstić information content (AvgIpc) is 3.00. The molecule has 22 heavy (non-hydrogen) atoms. The molecule has 0 saturated heterocycles. The molecule has 0 aromatic carbocycles. The van der Waals surface area contributed by atoms with Gasteiger partial charge in [0.2, 0.25) is 5.95 Å². The fourth-order valence-electron chi connectivity index (χ4n) is 2.43. The quantitative estimate of drug-likeness (QED) is 0.786. The molecule has 1 unspecified atom stereocenters. The molecule has 0 spiro atoms. The Labute approximate surface area is 130 Å². The molecule has 2 rings (SSSR count). The predicted octanol–water partition coefficient (Wildman–Crippen LogP) is 0.903. The van der Waals surface area contributed by atoms with Crippen LogP contribution in [0, 0.1) is 0 Å². The molecule has 1 fully saturated rings. The zero-order valence-electron chi connectivity index (χ0n) is 13.0. The third-order valence-electron chi connectivity index (χ3n) is 3.64. The number of aromatic nitrogens is 2. The maximum Gasteiger partial charge on any atom is 0.326 e. The van der Waals surface area contributed by atoms with Crippen LogP contribution in [-0.4, -0.2) is 47.6 Å². The van der Waals surface area contributed by atoms with E-state index in [-0.39, 0.29) is 18.5 Å². The highest BCUT2D eigenvalue weighted by molar-refractivity contribution is 5.84. The maximum absolute atomic E-state index is 12.0. The van der Waals surface area contributed by atoms with Crippen LogP contribution in [0.25, 0.3) is 0 Å². The van der Waals surface area contributed by atoms with Gasteiger partial charge in [0.05, 0.1) is 0 Å². The Morgan fingerprint density at radius 1 is 1.36 bits per heavy atom. The van der Waals surface area contributed by atoms with Gasteiger partial charge in [0.15, 0.2) is 6.10 Å². The Balaban J connectivity index is 1.76. The summed E-state index contributed by atoms with van der Waals surface area (Å²) in [4.78, 5) is 33.5. The number of likely N-dealkylation sites (N-methyl/N-ethyl adjacent to an activating group) is 1. The zero-order valence-corrected chi connectivity index (χ0v) is 13.0. The molecule has 120 valence electrons.